The zero-order valence-corrected chi connectivity index (χ0v) is 12.8. The maximum absolute atomic E-state index is 12.4. The minimum atomic E-state index is -0.0130. The normalized spacial score (nSPS) is 13.6. The van der Waals surface area contributed by atoms with Gasteiger partial charge in [-0.05, 0) is 12.1 Å². The molecule has 9 heteroatoms. The lowest BCUT2D eigenvalue weighted by molar-refractivity contribution is 0.0705. The van der Waals surface area contributed by atoms with Crippen molar-refractivity contribution in [3.63, 3.8) is 0 Å². The first-order chi connectivity index (χ1) is 11.8. The predicted molar refractivity (Wildman–Crippen MR) is 81.9 cm³/mol. The van der Waals surface area contributed by atoms with E-state index in [4.69, 9.17) is 4.74 Å². The number of aromatic amines is 1. The zero-order valence-electron chi connectivity index (χ0n) is 12.8. The van der Waals surface area contributed by atoms with E-state index >= 15 is 0 Å². The van der Waals surface area contributed by atoms with Crippen molar-refractivity contribution >= 4 is 5.91 Å². The van der Waals surface area contributed by atoms with Crippen LogP contribution in [0.2, 0.25) is 0 Å². The Kier molecular flexibility index (Phi) is 3.66. The van der Waals surface area contributed by atoms with Gasteiger partial charge in [-0.25, -0.2) is 9.97 Å². The molecule has 0 unspecified atom stereocenters. The van der Waals surface area contributed by atoms with E-state index in [0.717, 1.165) is 5.82 Å². The average molecular weight is 325 g/mol. The van der Waals surface area contributed by atoms with Crippen LogP contribution >= 0.6 is 0 Å². The number of H-pyrrole nitrogens is 1. The molecule has 0 saturated carbocycles. The van der Waals surface area contributed by atoms with E-state index in [1.165, 1.54) is 0 Å². The number of carbonyl (C=O) groups is 1. The van der Waals surface area contributed by atoms with E-state index in [0.29, 0.717) is 37.0 Å². The number of hydrogen-bond acceptors (Lipinski definition) is 6. The minimum Gasteiger partial charge on any atom is -0.455 e. The van der Waals surface area contributed by atoms with Crippen molar-refractivity contribution in [1.82, 2.24) is 34.6 Å². The number of rotatable bonds is 4. The van der Waals surface area contributed by atoms with Crippen molar-refractivity contribution in [3.8, 4) is 6.01 Å². The Morgan fingerprint density at radius 2 is 2.12 bits per heavy atom. The van der Waals surface area contributed by atoms with Crippen LogP contribution in [0.5, 0.6) is 6.01 Å². The molecule has 0 bridgehead atoms. The van der Waals surface area contributed by atoms with Crippen LogP contribution in [-0.2, 0) is 19.7 Å². The molecule has 0 aliphatic carbocycles. The third kappa shape index (κ3) is 2.71. The van der Waals surface area contributed by atoms with Gasteiger partial charge in [0.25, 0.3) is 5.91 Å². The standard InChI is InChI=1S/C15H15N7O2/c23-14(11-2-5-16-8-11)21-6-7-22-12(9-21)19-20-13(22)10-24-15-17-3-1-4-18-15/h1-5,8,16H,6-7,9-10H2. The number of carbonyl (C=O) groups excluding carboxylic acids is 1. The first-order valence-electron chi connectivity index (χ1n) is 7.54. The molecule has 1 aliphatic heterocycles. The molecule has 1 aliphatic rings. The second kappa shape index (κ2) is 6.11. The highest BCUT2D eigenvalue weighted by molar-refractivity contribution is 5.94. The summed E-state index contributed by atoms with van der Waals surface area (Å²) in [5, 5.41) is 8.33. The summed E-state index contributed by atoms with van der Waals surface area (Å²) >= 11 is 0. The van der Waals surface area contributed by atoms with Gasteiger partial charge in [0.1, 0.15) is 0 Å². The SMILES string of the molecule is O=C(c1cc[nH]c1)N1CCn2c(COc3ncccn3)nnc2C1. The molecule has 0 saturated heterocycles. The number of nitrogens with one attached hydrogen (secondary N) is 1. The van der Waals surface area contributed by atoms with Crippen molar-refractivity contribution in [2.75, 3.05) is 6.54 Å². The van der Waals surface area contributed by atoms with Crippen molar-refractivity contribution in [2.24, 2.45) is 0 Å². The second-order valence-electron chi connectivity index (χ2n) is 5.33. The lowest BCUT2D eigenvalue weighted by Gasteiger charge is -2.27. The Balaban J connectivity index is 1.44. The van der Waals surface area contributed by atoms with Gasteiger partial charge < -0.3 is 19.2 Å². The topological polar surface area (TPSA) is 102 Å². The molecule has 9 nitrogen and oxygen atoms in total. The van der Waals surface area contributed by atoms with E-state index in [1.54, 1.807) is 41.8 Å². The lowest BCUT2D eigenvalue weighted by atomic mass is 10.2. The summed E-state index contributed by atoms with van der Waals surface area (Å²) in [6.07, 6.45) is 6.67. The maximum atomic E-state index is 12.4. The van der Waals surface area contributed by atoms with E-state index < -0.39 is 0 Å². The van der Waals surface area contributed by atoms with Gasteiger partial charge >= 0.3 is 6.01 Å². The molecule has 24 heavy (non-hydrogen) atoms. The van der Waals surface area contributed by atoms with Gasteiger partial charge in [-0.2, -0.15) is 0 Å². The predicted octanol–water partition coefficient (Wildman–Crippen LogP) is 0.631. The van der Waals surface area contributed by atoms with Crippen molar-refractivity contribution < 1.29 is 9.53 Å². The van der Waals surface area contributed by atoms with Crippen LogP contribution in [0.3, 0.4) is 0 Å². The Labute approximate surface area is 137 Å². The molecule has 0 atom stereocenters. The minimum absolute atomic E-state index is 0.0130. The third-order valence-electron chi connectivity index (χ3n) is 3.83. The summed E-state index contributed by atoms with van der Waals surface area (Å²) in [5.74, 6) is 1.44. The molecule has 1 amide bonds. The Morgan fingerprint density at radius 3 is 2.92 bits per heavy atom. The number of aromatic nitrogens is 6. The summed E-state index contributed by atoms with van der Waals surface area (Å²) in [4.78, 5) is 25.1. The smallest absolute Gasteiger partial charge is 0.316 e. The Bertz CT molecular complexity index is 829. The summed E-state index contributed by atoms with van der Waals surface area (Å²) < 4.78 is 7.50. The Morgan fingerprint density at radius 1 is 1.25 bits per heavy atom. The highest BCUT2D eigenvalue weighted by Crippen LogP contribution is 2.16. The van der Waals surface area contributed by atoms with E-state index in [9.17, 15) is 4.79 Å². The number of nitrogens with zero attached hydrogens (tertiary/aromatic N) is 6. The van der Waals surface area contributed by atoms with E-state index in [-0.39, 0.29) is 12.5 Å². The van der Waals surface area contributed by atoms with Crippen LogP contribution in [-0.4, -0.2) is 47.1 Å². The summed E-state index contributed by atoms with van der Waals surface area (Å²) in [6, 6.07) is 3.79. The van der Waals surface area contributed by atoms with Crippen molar-refractivity contribution in [3.05, 3.63) is 54.1 Å². The van der Waals surface area contributed by atoms with E-state index in [1.807, 2.05) is 4.57 Å². The highest BCUT2D eigenvalue weighted by Gasteiger charge is 2.25. The first-order valence-corrected chi connectivity index (χ1v) is 7.54. The fourth-order valence-electron chi connectivity index (χ4n) is 2.63. The Hall–Kier alpha value is -3.23. The summed E-state index contributed by atoms with van der Waals surface area (Å²) in [7, 11) is 0. The fourth-order valence-corrected chi connectivity index (χ4v) is 2.63. The second-order valence-corrected chi connectivity index (χ2v) is 5.33. The van der Waals surface area contributed by atoms with Crippen LogP contribution in [0.1, 0.15) is 22.0 Å². The zero-order chi connectivity index (χ0) is 16.4. The lowest BCUT2D eigenvalue weighted by Crippen LogP contribution is -2.38. The monoisotopic (exact) mass is 325 g/mol. The van der Waals surface area contributed by atoms with E-state index in [2.05, 4.69) is 25.1 Å². The average Bonchev–Trinajstić information content (AvgIpc) is 3.30. The van der Waals surface area contributed by atoms with Crippen LogP contribution in [0.4, 0.5) is 0 Å². The molecular formula is C15H15N7O2. The van der Waals surface area contributed by atoms with Crippen LogP contribution in [0.25, 0.3) is 0 Å². The molecule has 0 fully saturated rings. The number of fused-ring (bicyclic) bond motifs is 1. The number of ether oxygens (including phenoxy) is 1. The summed E-state index contributed by atoms with van der Waals surface area (Å²) in [5.41, 5.74) is 0.646. The van der Waals surface area contributed by atoms with Crippen LogP contribution in [0.15, 0.2) is 36.9 Å². The molecule has 4 heterocycles. The van der Waals surface area contributed by atoms with Gasteiger partial charge in [-0.3, -0.25) is 4.79 Å². The molecule has 122 valence electrons. The number of amides is 1. The molecule has 0 radical (unpaired) electrons. The van der Waals surface area contributed by atoms with Crippen LogP contribution in [0, 0.1) is 0 Å². The molecule has 0 aromatic carbocycles. The van der Waals surface area contributed by atoms with Crippen LogP contribution < -0.4 is 4.74 Å². The largest absolute Gasteiger partial charge is 0.455 e. The third-order valence-corrected chi connectivity index (χ3v) is 3.83. The maximum Gasteiger partial charge on any atom is 0.316 e. The van der Waals surface area contributed by atoms with Crippen molar-refractivity contribution in [2.45, 2.75) is 19.7 Å². The number of hydrogen-bond donors (Lipinski definition) is 1. The molecule has 1 N–H and O–H groups in total. The molecule has 4 rings (SSSR count). The van der Waals surface area contributed by atoms with Gasteiger partial charge in [0, 0.05) is 37.9 Å². The van der Waals surface area contributed by atoms with Crippen molar-refractivity contribution in [1.29, 1.82) is 0 Å². The quantitative estimate of drug-likeness (QED) is 0.755. The van der Waals surface area contributed by atoms with Gasteiger partial charge in [0.15, 0.2) is 18.3 Å². The molecule has 3 aromatic heterocycles. The highest BCUT2D eigenvalue weighted by atomic mass is 16.5. The molecule has 0 spiro atoms. The molecule has 3 aromatic rings. The first kappa shape index (κ1) is 14.4. The van der Waals surface area contributed by atoms with Gasteiger partial charge in [0.2, 0.25) is 0 Å². The fraction of sp³-hybridized carbons (Fsp3) is 0.267. The van der Waals surface area contributed by atoms with Gasteiger partial charge in [0.05, 0.1) is 12.1 Å². The van der Waals surface area contributed by atoms with Gasteiger partial charge in [-0.15, -0.1) is 10.2 Å². The summed E-state index contributed by atoms with van der Waals surface area (Å²) in [6.45, 7) is 1.90. The van der Waals surface area contributed by atoms with Gasteiger partial charge in [-0.1, -0.05) is 0 Å². The molecular weight excluding hydrogens is 310 g/mol.